The van der Waals surface area contributed by atoms with E-state index in [1.165, 1.54) is 29.3 Å². The molecule has 1 aromatic carbocycles. The second kappa shape index (κ2) is 9.57. The summed E-state index contributed by atoms with van der Waals surface area (Å²) in [4.78, 5) is 29.2. The van der Waals surface area contributed by atoms with Crippen molar-refractivity contribution in [3.05, 3.63) is 82.9 Å². The summed E-state index contributed by atoms with van der Waals surface area (Å²) in [6.45, 7) is 7.40. The molecule has 5 rings (SSSR count). The quantitative estimate of drug-likeness (QED) is 0.354. The minimum atomic E-state index is -1.14. The van der Waals surface area contributed by atoms with Crippen LogP contribution in [0.2, 0.25) is 0 Å². The number of hydrogen-bond donors (Lipinski definition) is 2. The molecule has 3 heterocycles. The maximum absolute atomic E-state index is 13.2. The van der Waals surface area contributed by atoms with E-state index < -0.39 is 5.60 Å². The van der Waals surface area contributed by atoms with E-state index in [-0.39, 0.29) is 12.1 Å². The van der Waals surface area contributed by atoms with Crippen LogP contribution >= 0.6 is 0 Å². The van der Waals surface area contributed by atoms with Gasteiger partial charge in [0.2, 0.25) is 5.95 Å². The van der Waals surface area contributed by atoms with Gasteiger partial charge in [-0.15, -0.1) is 6.58 Å². The van der Waals surface area contributed by atoms with Gasteiger partial charge in [-0.05, 0) is 76.5 Å². The average Bonchev–Trinajstić information content (AvgIpc) is 3.10. The lowest BCUT2D eigenvalue weighted by atomic mass is 9.75. The van der Waals surface area contributed by atoms with Crippen LogP contribution in [-0.2, 0) is 12.1 Å². The van der Waals surface area contributed by atoms with Crippen LogP contribution in [0.5, 0.6) is 0 Å². The van der Waals surface area contributed by atoms with Gasteiger partial charge in [0.05, 0.1) is 12.2 Å². The highest BCUT2D eigenvalue weighted by Gasteiger charge is 2.31. The Balaban J connectivity index is 1.48. The fraction of sp³-hybridized carbons (Fsp3) is 0.357. The molecule has 1 fully saturated rings. The molecule has 1 aliphatic rings. The highest BCUT2D eigenvalue weighted by atomic mass is 16.3. The van der Waals surface area contributed by atoms with Gasteiger partial charge in [0.15, 0.2) is 11.5 Å². The topological polar surface area (TPSA) is 101 Å². The van der Waals surface area contributed by atoms with Crippen LogP contribution in [0.25, 0.3) is 16.9 Å². The Bertz CT molecular complexity index is 1490. The Kier molecular flexibility index (Phi) is 6.43. The maximum Gasteiger partial charge on any atom is 0.278 e. The lowest BCUT2D eigenvalue weighted by molar-refractivity contribution is 0.0738. The number of anilines is 2. The lowest BCUT2D eigenvalue weighted by Crippen LogP contribution is -2.39. The molecule has 0 radical (unpaired) electrons. The third kappa shape index (κ3) is 4.80. The zero-order chi connectivity index (χ0) is 26.3. The number of benzene rings is 1. The monoisotopic (exact) mass is 499 g/mol. The molecule has 9 nitrogen and oxygen atoms in total. The summed E-state index contributed by atoms with van der Waals surface area (Å²) in [5, 5.41) is 14.1. The highest BCUT2D eigenvalue weighted by molar-refractivity contribution is 5.77. The number of hydrogen-bond acceptors (Lipinski definition) is 7. The fourth-order valence-electron chi connectivity index (χ4n) is 4.74. The smallest absolute Gasteiger partial charge is 0.278 e. The van der Waals surface area contributed by atoms with Crippen LogP contribution in [-0.4, -0.2) is 54.5 Å². The summed E-state index contributed by atoms with van der Waals surface area (Å²) in [5.74, 6) is 1.44. The van der Waals surface area contributed by atoms with Crippen molar-refractivity contribution in [2.24, 2.45) is 0 Å². The summed E-state index contributed by atoms with van der Waals surface area (Å²) in [6.07, 6.45) is 5.55. The molecule has 0 spiro atoms. The Morgan fingerprint density at radius 1 is 1.16 bits per heavy atom. The van der Waals surface area contributed by atoms with Crippen molar-refractivity contribution in [1.29, 1.82) is 0 Å². The minimum absolute atomic E-state index is 0.238. The molecule has 0 amide bonds. The number of pyridine rings is 1. The Morgan fingerprint density at radius 2 is 1.89 bits per heavy atom. The molecule has 1 aliphatic carbocycles. The summed E-state index contributed by atoms with van der Waals surface area (Å²) < 4.78 is 3.17. The summed E-state index contributed by atoms with van der Waals surface area (Å²) in [6, 6.07) is 14.4. The molecule has 1 saturated carbocycles. The van der Waals surface area contributed by atoms with Gasteiger partial charge in [-0.25, -0.2) is 19.3 Å². The van der Waals surface area contributed by atoms with Crippen molar-refractivity contribution in [3.8, 4) is 5.82 Å². The number of nitrogens with one attached hydrogen (secondary N) is 1. The second-order valence-corrected chi connectivity index (χ2v) is 10.4. The maximum atomic E-state index is 13.2. The minimum Gasteiger partial charge on any atom is -0.384 e. The van der Waals surface area contributed by atoms with Crippen LogP contribution in [0, 0.1) is 0 Å². The molecule has 0 saturated heterocycles. The molecule has 9 heteroatoms. The van der Waals surface area contributed by atoms with Gasteiger partial charge in [-0.1, -0.05) is 24.3 Å². The predicted molar refractivity (Wildman–Crippen MR) is 146 cm³/mol. The van der Waals surface area contributed by atoms with Crippen LogP contribution < -0.4 is 10.9 Å². The van der Waals surface area contributed by atoms with Crippen molar-refractivity contribution in [2.45, 2.75) is 50.8 Å². The molecular weight excluding hydrogens is 466 g/mol. The first kappa shape index (κ1) is 24.9. The summed E-state index contributed by atoms with van der Waals surface area (Å²) in [7, 11) is 4.27. The Labute approximate surface area is 216 Å². The average molecular weight is 500 g/mol. The van der Waals surface area contributed by atoms with Gasteiger partial charge in [0, 0.05) is 17.9 Å². The predicted octanol–water partition coefficient (Wildman–Crippen LogP) is 3.94. The zero-order valence-corrected chi connectivity index (χ0v) is 21.7. The molecule has 0 bridgehead atoms. The SMILES string of the molecule is C=CCn1c(=O)c2cnc(Nc3ccc(C4CC(N(C)C)C4)cc3)nc2n1-c1cccc(C(C)(C)O)n1. The van der Waals surface area contributed by atoms with E-state index in [4.69, 9.17) is 4.98 Å². The lowest BCUT2D eigenvalue weighted by Gasteiger charge is -2.40. The van der Waals surface area contributed by atoms with Crippen molar-refractivity contribution in [2.75, 3.05) is 19.4 Å². The van der Waals surface area contributed by atoms with Crippen LogP contribution in [0.1, 0.15) is 43.9 Å². The number of allylic oxidation sites excluding steroid dienone is 1. The fourth-order valence-corrected chi connectivity index (χ4v) is 4.74. The molecule has 192 valence electrons. The van der Waals surface area contributed by atoms with Crippen molar-refractivity contribution in [1.82, 2.24) is 29.2 Å². The zero-order valence-electron chi connectivity index (χ0n) is 21.7. The molecule has 3 aromatic heterocycles. The van der Waals surface area contributed by atoms with E-state index in [1.54, 1.807) is 42.8 Å². The normalized spacial score (nSPS) is 17.7. The number of rotatable bonds is 8. The Morgan fingerprint density at radius 3 is 2.54 bits per heavy atom. The number of aromatic nitrogens is 5. The molecular formula is C28H33N7O2. The first-order valence-corrected chi connectivity index (χ1v) is 12.5. The van der Waals surface area contributed by atoms with E-state index in [2.05, 4.69) is 53.0 Å². The number of fused-ring (bicyclic) bond motifs is 1. The van der Waals surface area contributed by atoms with Gasteiger partial charge < -0.3 is 15.3 Å². The molecule has 4 aromatic rings. The van der Waals surface area contributed by atoms with E-state index in [1.807, 2.05) is 12.1 Å². The summed E-state index contributed by atoms with van der Waals surface area (Å²) >= 11 is 0. The van der Waals surface area contributed by atoms with Gasteiger partial charge in [-0.3, -0.25) is 4.79 Å². The molecule has 0 aliphatic heterocycles. The van der Waals surface area contributed by atoms with Crippen LogP contribution in [0.4, 0.5) is 11.6 Å². The third-order valence-electron chi connectivity index (χ3n) is 7.04. The molecule has 0 unspecified atom stereocenters. The summed E-state index contributed by atoms with van der Waals surface area (Å²) in [5.41, 5.74) is 1.74. The van der Waals surface area contributed by atoms with Crippen LogP contribution in [0.15, 0.2) is 66.1 Å². The van der Waals surface area contributed by atoms with Crippen molar-refractivity contribution in [3.63, 3.8) is 0 Å². The van der Waals surface area contributed by atoms with Crippen molar-refractivity contribution >= 4 is 22.7 Å². The van der Waals surface area contributed by atoms with E-state index in [0.717, 1.165) is 5.69 Å². The van der Waals surface area contributed by atoms with Crippen LogP contribution in [0.3, 0.4) is 0 Å². The first-order chi connectivity index (χ1) is 17.7. The van der Waals surface area contributed by atoms with Gasteiger partial charge in [0.25, 0.3) is 5.56 Å². The van der Waals surface area contributed by atoms with Gasteiger partial charge in [0.1, 0.15) is 11.0 Å². The highest BCUT2D eigenvalue weighted by Crippen LogP contribution is 2.39. The van der Waals surface area contributed by atoms with E-state index in [9.17, 15) is 9.90 Å². The third-order valence-corrected chi connectivity index (χ3v) is 7.04. The number of aliphatic hydroxyl groups is 1. The van der Waals surface area contributed by atoms with Gasteiger partial charge >= 0.3 is 0 Å². The Hall–Kier alpha value is -3.82. The van der Waals surface area contributed by atoms with Crippen molar-refractivity contribution < 1.29 is 5.11 Å². The number of nitrogens with zero attached hydrogens (tertiary/aromatic N) is 6. The molecule has 37 heavy (non-hydrogen) atoms. The van der Waals surface area contributed by atoms with E-state index >= 15 is 0 Å². The van der Waals surface area contributed by atoms with E-state index in [0.29, 0.717) is 40.5 Å². The second-order valence-electron chi connectivity index (χ2n) is 10.4. The standard InChI is InChI=1S/C28H33N7O2/c1-6-14-34-26(36)22-17-29-27(30-20-12-10-18(11-13-20)19-15-21(16-19)33(4)5)32-25(22)35(34)24-9-7-8-23(31-24)28(2,3)37/h6-13,17,19,21,37H,1,14-16H2,2-5H3,(H,29,30,32). The molecule has 2 N–H and O–H groups in total. The molecule has 0 atom stereocenters. The first-order valence-electron chi connectivity index (χ1n) is 12.5. The largest absolute Gasteiger partial charge is 0.384 e. The van der Waals surface area contributed by atoms with Gasteiger partial charge in [-0.2, -0.15) is 4.98 Å².